The molecule has 4 aromatic rings. The Bertz CT molecular complexity index is 1630. The summed E-state index contributed by atoms with van der Waals surface area (Å²) in [6.07, 6.45) is 1.14. The maximum absolute atomic E-state index is 14.7. The van der Waals surface area contributed by atoms with Crippen LogP contribution in [0.25, 0.3) is 10.2 Å². The van der Waals surface area contributed by atoms with Crippen molar-refractivity contribution < 1.29 is 23.5 Å². The molecule has 9 nitrogen and oxygen atoms in total. The van der Waals surface area contributed by atoms with Gasteiger partial charge in [-0.15, -0.1) is 11.3 Å². The molecule has 232 valence electrons. The number of nitrogens with zero attached hydrogens (tertiary/aromatic N) is 3. The maximum Gasteiger partial charge on any atom is 0.265 e. The molecule has 0 saturated carbocycles. The molecule has 2 aromatic carbocycles. The lowest BCUT2D eigenvalue weighted by molar-refractivity contribution is 0.102. The molecule has 44 heavy (non-hydrogen) atoms. The smallest absolute Gasteiger partial charge is 0.265 e. The van der Waals surface area contributed by atoms with Crippen molar-refractivity contribution >= 4 is 44.7 Å². The third-order valence-corrected chi connectivity index (χ3v) is 8.50. The molecule has 2 aliphatic heterocycles. The van der Waals surface area contributed by atoms with E-state index < -0.39 is 17.6 Å². The molecule has 1 fully saturated rings. The van der Waals surface area contributed by atoms with Gasteiger partial charge in [-0.25, -0.2) is 9.37 Å². The number of ether oxygens (including phenoxy) is 2. The van der Waals surface area contributed by atoms with E-state index >= 15 is 0 Å². The van der Waals surface area contributed by atoms with Crippen molar-refractivity contribution in [2.24, 2.45) is 0 Å². The van der Waals surface area contributed by atoms with Gasteiger partial charge >= 0.3 is 0 Å². The Kier molecular flexibility index (Phi) is 10.4. The van der Waals surface area contributed by atoms with Crippen LogP contribution in [0.1, 0.15) is 52.9 Å². The van der Waals surface area contributed by atoms with E-state index in [1.165, 1.54) is 29.5 Å². The minimum Gasteiger partial charge on any atom is -0.486 e. The second kappa shape index (κ2) is 14.6. The summed E-state index contributed by atoms with van der Waals surface area (Å²) in [5.74, 6) is -0.374. The van der Waals surface area contributed by atoms with Crippen LogP contribution in [0.15, 0.2) is 54.6 Å². The third kappa shape index (κ3) is 7.53. The van der Waals surface area contributed by atoms with Crippen LogP contribution in [0.3, 0.4) is 0 Å². The molecular weight excluding hydrogens is 581 g/mol. The number of likely N-dealkylation sites (N-methyl/N-ethyl adjacent to an activating group) is 1. The molecule has 1 saturated heterocycles. The molecular formula is C33H38FN5O4S. The van der Waals surface area contributed by atoms with Gasteiger partial charge < -0.3 is 25.0 Å². The molecule has 2 aliphatic rings. The zero-order valence-electron chi connectivity index (χ0n) is 25.3. The van der Waals surface area contributed by atoms with Gasteiger partial charge in [0.2, 0.25) is 0 Å². The van der Waals surface area contributed by atoms with E-state index in [0.29, 0.717) is 40.8 Å². The largest absolute Gasteiger partial charge is 0.486 e. The van der Waals surface area contributed by atoms with Gasteiger partial charge in [0.1, 0.15) is 23.9 Å². The van der Waals surface area contributed by atoms with Crippen LogP contribution >= 0.6 is 11.3 Å². The van der Waals surface area contributed by atoms with Crippen molar-refractivity contribution in [1.82, 2.24) is 14.8 Å². The van der Waals surface area contributed by atoms with Gasteiger partial charge in [0, 0.05) is 36.3 Å². The Hall–Kier alpha value is -4.06. The van der Waals surface area contributed by atoms with E-state index in [-0.39, 0.29) is 5.69 Å². The Morgan fingerprint density at radius 3 is 2.48 bits per heavy atom. The third-order valence-electron chi connectivity index (χ3n) is 7.46. The SMILES string of the molecule is CC.CCN1CCCN(Cc2ccc3cc(C(=O)Nc4cc(NC(=O)c5ccc6c(c5)OCCO6)ccc4F)sc3n2)CC1. The summed E-state index contributed by atoms with van der Waals surface area (Å²) in [7, 11) is 0. The minimum absolute atomic E-state index is 0.0339. The average Bonchev–Trinajstić information content (AvgIpc) is 3.35. The summed E-state index contributed by atoms with van der Waals surface area (Å²) in [6, 6.07) is 14.7. The Morgan fingerprint density at radius 2 is 1.66 bits per heavy atom. The molecule has 2 N–H and O–H groups in total. The number of nitrogens with one attached hydrogen (secondary N) is 2. The molecule has 2 aromatic heterocycles. The fraction of sp³-hybridized carbons (Fsp3) is 0.364. The lowest BCUT2D eigenvalue weighted by Gasteiger charge is -2.20. The number of thiophene rings is 1. The first kappa shape index (κ1) is 31.4. The highest BCUT2D eigenvalue weighted by atomic mass is 32.1. The molecule has 0 unspecified atom stereocenters. The number of rotatable bonds is 7. The van der Waals surface area contributed by atoms with Crippen molar-refractivity contribution in [3.8, 4) is 11.5 Å². The Labute approximate surface area is 261 Å². The van der Waals surface area contributed by atoms with Gasteiger partial charge in [0.05, 0.1) is 16.3 Å². The number of hydrogen-bond acceptors (Lipinski definition) is 8. The fourth-order valence-corrected chi connectivity index (χ4v) is 6.10. The van der Waals surface area contributed by atoms with Crippen molar-refractivity contribution in [1.29, 1.82) is 0 Å². The number of carbonyl (C=O) groups excluding carboxylic acids is 2. The summed E-state index contributed by atoms with van der Waals surface area (Å²) in [5.41, 5.74) is 1.64. The molecule has 4 heterocycles. The van der Waals surface area contributed by atoms with E-state index in [1.807, 2.05) is 26.0 Å². The average molecular weight is 620 g/mol. The summed E-state index contributed by atoms with van der Waals surface area (Å²) >= 11 is 1.27. The highest BCUT2D eigenvalue weighted by molar-refractivity contribution is 7.20. The van der Waals surface area contributed by atoms with Crippen LogP contribution in [0.2, 0.25) is 0 Å². The number of amides is 2. The predicted octanol–water partition coefficient (Wildman–Crippen LogP) is 6.27. The predicted molar refractivity (Wildman–Crippen MR) is 173 cm³/mol. The van der Waals surface area contributed by atoms with Crippen LogP contribution in [0.4, 0.5) is 15.8 Å². The topological polar surface area (TPSA) is 96.0 Å². The summed E-state index contributed by atoms with van der Waals surface area (Å²) in [5, 5.41) is 6.26. The molecule has 11 heteroatoms. The second-order valence-corrected chi connectivity index (χ2v) is 11.4. The quantitative estimate of drug-likeness (QED) is 0.252. The number of aromatic nitrogens is 1. The lowest BCUT2D eigenvalue weighted by atomic mass is 10.1. The van der Waals surface area contributed by atoms with Crippen molar-refractivity contribution in [3.63, 3.8) is 0 Å². The molecule has 0 aliphatic carbocycles. The standard InChI is InChI=1S/C31H32FN5O4S.C2H6/c1-2-36-10-3-11-37(13-12-36)19-23-6-4-21-17-28(42-31(21)34-23)30(39)35-25-18-22(7-8-24(25)32)33-29(38)20-5-9-26-27(16-20)41-15-14-40-26;1-2/h4-9,16-18H,2-3,10-15,19H2,1H3,(H,33,38)(H,35,39);1-2H3. The zero-order valence-corrected chi connectivity index (χ0v) is 26.1. The Morgan fingerprint density at radius 1 is 0.886 bits per heavy atom. The first-order valence-corrected chi connectivity index (χ1v) is 15.9. The first-order chi connectivity index (χ1) is 21.4. The first-order valence-electron chi connectivity index (χ1n) is 15.1. The second-order valence-electron chi connectivity index (χ2n) is 10.3. The molecule has 6 rings (SSSR count). The van der Waals surface area contributed by atoms with Crippen LogP contribution in [0, 0.1) is 5.82 Å². The summed E-state index contributed by atoms with van der Waals surface area (Å²) in [4.78, 5) is 36.8. The number of halogens is 1. The number of fused-ring (bicyclic) bond motifs is 2. The van der Waals surface area contributed by atoms with Gasteiger partial charge in [-0.3, -0.25) is 14.5 Å². The normalized spacial score (nSPS) is 15.2. The van der Waals surface area contributed by atoms with E-state index in [1.54, 1.807) is 24.3 Å². The van der Waals surface area contributed by atoms with E-state index in [2.05, 4.69) is 27.4 Å². The van der Waals surface area contributed by atoms with Crippen LogP contribution < -0.4 is 20.1 Å². The van der Waals surface area contributed by atoms with Crippen molar-refractivity contribution in [3.05, 3.63) is 76.5 Å². The fourth-order valence-electron chi connectivity index (χ4n) is 5.15. The molecule has 0 atom stereocenters. The van der Waals surface area contributed by atoms with Gasteiger partial charge in [-0.05, 0) is 74.6 Å². The summed E-state index contributed by atoms with van der Waals surface area (Å²) in [6.45, 7) is 13.1. The molecule has 0 bridgehead atoms. The summed E-state index contributed by atoms with van der Waals surface area (Å²) < 4.78 is 25.7. The maximum atomic E-state index is 14.7. The van der Waals surface area contributed by atoms with Crippen LogP contribution in [-0.4, -0.2) is 72.5 Å². The minimum atomic E-state index is -0.610. The number of benzene rings is 2. The van der Waals surface area contributed by atoms with Gasteiger partial charge in [-0.1, -0.05) is 26.8 Å². The number of pyridine rings is 1. The van der Waals surface area contributed by atoms with Gasteiger partial charge in [0.25, 0.3) is 11.8 Å². The highest BCUT2D eigenvalue weighted by Crippen LogP contribution is 2.31. The van der Waals surface area contributed by atoms with Gasteiger partial charge in [0.15, 0.2) is 11.5 Å². The number of hydrogen-bond donors (Lipinski definition) is 2. The van der Waals surface area contributed by atoms with E-state index in [4.69, 9.17) is 14.5 Å². The highest BCUT2D eigenvalue weighted by Gasteiger charge is 2.19. The van der Waals surface area contributed by atoms with Crippen LogP contribution in [-0.2, 0) is 6.54 Å². The molecule has 0 spiro atoms. The zero-order chi connectivity index (χ0) is 31.1. The molecule has 2 amide bonds. The van der Waals surface area contributed by atoms with Crippen molar-refractivity contribution in [2.75, 3.05) is 56.6 Å². The van der Waals surface area contributed by atoms with Gasteiger partial charge in [-0.2, -0.15) is 0 Å². The number of anilines is 2. The number of carbonyl (C=O) groups is 2. The Balaban J connectivity index is 0.00000188. The lowest BCUT2D eigenvalue weighted by Crippen LogP contribution is -2.30. The van der Waals surface area contributed by atoms with Crippen molar-refractivity contribution in [2.45, 2.75) is 33.7 Å². The van der Waals surface area contributed by atoms with E-state index in [0.717, 1.165) is 61.6 Å². The molecule has 0 radical (unpaired) electrons. The van der Waals surface area contributed by atoms with E-state index in [9.17, 15) is 14.0 Å². The monoisotopic (exact) mass is 619 g/mol. The van der Waals surface area contributed by atoms with Crippen LogP contribution in [0.5, 0.6) is 11.5 Å².